The number of carbonyl (C=O) groups excluding carboxylic acids is 1. The Kier molecular flexibility index (Phi) is 6.63. The van der Waals surface area contributed by atoms with E-state index in [0.717, 1.165) is 18.5 Å². The van der Waals surface area contributed by atoms with Crippen LogP contribution in [-0.2, 0) is 14.8 Å². The Morgan fingerprint density at radius 2 is 1.65 bits per heavy atom. The molecule has 2 aromatic rings. The van der Waals surface area contributed by atoms with E-state index in [4.69, 9.17) is 0 Å². The fraction of sp³-hybridized carbons (Fsp3) is 0.278. The molecule has 1 heterocycles. The van der Waals surface area contributed by atoms with Crippen LogP contribution in [0.3, 0.4) is 0 Å². The Bertz CT molecular complexity index is 846. The van der Waals surface area contributed by atoms with Gasteiger partial charge in [0.05, 0.1) is 10.8 Å². The summed E-state index contributed by atoms with van der Waals surface area (Å²) in [5.74, 6) is -0.0299. The van der Waals surface area contributed by atoms with Crippen LogP contribution in [0, 0.1) is 12.8 Å². The van der Waals surface area contributed by atoms with Crippen LogP contribution < -0.4 is 15.4 Å². The van der Waals surface area contributed by atoms with E-state index >= 15 is 0 Å². The third-order valence-corrected chi connectivity index (χ3v) is 5.56. The molecule has 0 saturated carbocycles. The van der Waals surface area contributed by atoms with Crippen molar-refractivity contribution in [3.05, 3.63) is 54.1 Å². The zero-order chi connectivity index (χ0) is 17.9. The first kappa shape index (κ1) is 20.2. The van der Waals surface area contributed by atoms with Gasteiger partial charge >= 0.3 is 0 Å². The standard InChI is InChI=1S/C18H21N3O3S.ClH/c1-13-2-8-17(9-3-13)25(23,24)21-16-6-4-15(5-7-16)20-18(22)14-10-11-19-12-14;/h2-9,14,19,21H,10-12H2,1H3,(H,20,22);1H. The van der Waals surface area contributed by atoms with Gasteiger partial charge in [-0.25, -0.2) is 8.42 Å². The van der Waals surface area contributed by atoms with Gasteiger partial charge in [-0.1, -0.05) is 17.7 Å². The number of hydrogen-bond acceptors (Lipinski definition) is 4. The molecule has 1 saturated heterocycles. The second kappa shape index (κ2) is 8.53. The number of hydrogen-bond donors (Lipinski definition) is 3. The maximum Gasteiger partial charge on any atom is 0.261 e. The summed E-state index contributed by atoms with van der Waals surface area (Å²) in [5, 5.41) is 6.01. The summed E-state index contributed by atoms with van der Waals surface area (Å²) >= 11 is 0. The van der Waals surface area contributed by atoms with Gasteiger partial charge in [-0.2, -0.15) is 0 Å². The van der Waals surface area contributed by atoms with Gasteiger partial charge in [0.25, 0.3) is 10.0 Å². The SMILES string of the molecule is Cc1ccc(S(=O)(=O)Nc2ccc(NC(=O)C3CCNC3)cc2)cc1.Cl. The lowest BCUT2D eigenvalue weighted by Gasteiger charge is -2.11. The minimum absolute atomic E-state index is 0. The molecule has 140 valence electrons. The molecule has 0 aliphatic carbocycles. The minimum atomic E-state index is -3.62. The summed E-state index contributed by atoms with van der Waals surface area (Å²) < 4.78 is 27.3. The van der Waals surface area contributed by atoms with Crippen LogP contribution in [0.5, 0.6) is 0 Å². The highest BCUT2D eigenvalue weighted by Crippen LogP contribution is 2.20. The summed E-state index contributed by atoms with van der Waals surface area (Å²) in [7, 11) is -3.62. The van der Waals surface area contributed by atoms with Gasteiger partial charge < -0.3 is 10.6 Å². The lowest BCUT2D eigenvalue weighted by molar-refractivity contribution is -0.119. The van der Waals surface area contributed by atoms with Gasteiger partial charge in [-0.15, -0.1) is 12.4 Å². The molecular weight excluding hydrogens is 374 g/mol. The molecule has 1 atom stereocenters. The molecular formula is C18H22ClN3O3S. The van der Waals surface area contributed by atoms with E-state index in [0.29, 0.717) is 17.9 Å². The second-order valence-corrected chi connectivity index (χ2v) is 7.86. The van der Waals surface area contributed by atoms with E-state index in [1.165, 1.54) is 0 Å². The van der Waals surface area contributed by atoms with Crippen molar-refractivity contribution in [1.29, 1.82) is 0 Å². The molecule has 26 heavy (non-hydrogen) atoms. The van der Waals surface area contributed by atoms with Crippen LogP contribution in [0.25, 0.3) is 0 Å². The maximum atomic E-state index is 12.4. The number of halogens is 1. The molecule has 3 rings (SSSR count). The molecule has 0 aromatic heterocycles. The van der Waals surface area contributed by atoms with Crippen molar-refractivity contribution in [2.45, 2.75) is 18.2 Å². The molecule has 1 aliphatic rings. The smallest absolute Gasteiger partial charge is 0.261 e. The predicted octanol–water partition coefficient (Wildman–Crippen LogP) is 2.77. The van der Waals surface area contributed by atoms with Crippen molar-refractivity contribution in [3.63, 3.8) is 0 Å². The zero-order valence-electron chi connectivity index (χ0n) is 14.4. The Balaban J connectivity index is 0.00000243. The third kappa shape index (κ3) is 4.97. The van der Waals surface area contributed by atoms with Gasteiger partial charge in [0.1, 0.15) is 0 Å². The molecule has 0 radical (unpaired) electrons. The number of sulfonamides is 1. The van der Waals surface area contributed by atoms with Crippen LogP contribution in [0.4, 0.5) is 11.4 Å². The zero-order valence-corrected chi connectivity index (χ0v) is 16.0. The number of rotatable bonds is 5. The minimum Gasteiger partial charge on any atom is -0.326 e. The van der Waals surface area contributed by atoms with E-state index in [2.05, 4.69) is 15.4 Å². The summed E-state index contributed by atoms with van der Waals surface area (Å²) in [5.41, 5.74) is 2.09. The van der Waals surface area contributed by atoms with E-state index in [1.807, 2.05) is 6.92 Å². The van der Waals surface area contributed by atoms with E-state index in [-0.39, 0.29) is 29.1 Å². The van der Waals surface area contributed by atoms with Crippen LogP contribution >= 0.6 is 12.4 Å². The normalized spacial score (nSPS) is 16.6. The number of aryl methyl sites for hydroxylation is 1. The Morgan fingerprint density at radius 1 is 1.04 bits per heavy atom. The second-order valence-electron chi connectivity index (χ2n) is 6.17. The molecule has 2 aromatic carbocycles. The highest BCUT2D eigenvalue weighted by molar-refractivity contribution is 7.92. The van der Waals surface area contributed by atoms with E-state index in [9.17, 15) is 13.2 Å². The fourth-order valence-electron chi connectivity index (χ4n) is 2.68. The Morgan fingerprint density at radius 3 is 2.23 bits per heavy atom. The molecule has 1 aliphatic heterocycles. The molecule has 0 bridgehead atoms. The highest BCUT2D eigenvalue weighted by atomic mass is 35.5. The quantitative estimate of drug-likeness (QED) is 0.726. The summed E-state index contributed by atoms with van der Waals surface area (Å²) in [6, 6.07) is 13.3. The predicted molar refractivity (Wildman–Crippen MR) is 105 cm³/mol. The van der Waals surface area contributed by atoms with Crippen molar-refractivity contribution < 1.29 is 13.2 Å². The van der Waals surface area contributed by atoms with Gasteiger partial charge in [0.2, 0.25) is 5.91 Å². The molecule has 6 nitrogen and oxygen atoms in total. The van der Waals surface area contributed by atoms with Crippen molar-refractivity contribution in [3.8, 4) is 0 Å². The first-order chi connectivity index (χ1) is 11.9. The van der Waals surface area contributed by atoms with Crippen molar-refractivity contribution in [1.82, 2.24) is 5.32 Å². The number of carbonyl (C=O) groups is 1. The number of anilines is 2. The summed E-state index contributed by atoms with van der Waals surface area (Å²) in [4.78, 5) is 12.3. The largest absolute Gasteiger partial charge is 0.326 e. The van der Waals surface area contributed by atoms with Gasteiger partial charge in [-0.05, 0) is 56.3 Å². The van der Waals surface area contributed by atoms with Crippen LogP contribution in [0.1, 0.15) is 12.0 Å². The highest BCUT2D eigenvalue weighted by Gasteiger charge is 2.22. The number of nitrogens with one attached hydrogen (secondary N) is 3. The fourth-order valence-corrected chi connectivity index (χ4v) is 3.73. The lowest BCUT2D eigenvalue weighted by atomic mass is 10.1. The average molecular weight is 396 g/mol. The first-order valence-electron chi connectivity index (χ1n) is 8.15. The Labute approximate surface area is 159 Å². The van der Waals surface area contributed by atoms with Crippen LogP contribution in [0.2, 0.25) is 0 Å². The number of benzene rings is 2. The molecule has 1 fully saturated rings. The molecule has 1 unspecified atom stereocenters. The van der Waals surface area contributed by atoms with Crippen molar-refractivity contribution in [2.75, 3.05) is 23.1 Å². The van der Waals surface area contributed by atoms with Gasteiger partial charge in [-0.3, -0.25) is 9.52 Å². The van der Waals surface area contributed by atoms with E-state index in [1.54, 1.807) is 48.5 Å². The molecule has 3 N–H and O–H groups in total. The molecule has 1 amide bonds. The van der Waals surface area contributed by atoms with Gasteiger partial charge in [0, 0.05) is 17.9 Å². The monoisotopic (exact) mass is 395 g/mol. The van der Waals surface area contributed by atoms with Crippen molar-refractivity contribution >= 4 is 39.7 Å². The summed E-state index contributed by atoms with van der Waals surface area (Å²) in [6.07, 6.45) is 0.834. The topological polar surface area (TPSA) is 87.3 Å². The lowest BCUT2D eigenvalue weighted by Crippen LogP contribution is -2.24. The molecule has 8 heteroatoms. The summed E-state index contributed by atoms with van der Waals surface area (Å²) in [6.45, 7) is 3.45. The maximum absolute atomic E-state index is 12.4. The van der Waals surface area contributed by atoms with Crippen LogP contribution in [0.15, 0.2) is 53.4 Å². The van der Waals surface area contributed by atoms with E-state index < -0.39 is 10.0 Å². The number of amides is 1. The first-order valence-corrected chi connectivity index (χ1v) is 9.63. The average Bonchev–Trinajstić information content (AvgIpc) is 3.11. The Hall–Kier alpha value is -2.09. The third-order valence-electron chi connectivity index (χ3n) is 4.17. The van der Waals surface area contributed by atoms with Crippen LogP contribution in [-0.4, -0.2) is 27.4 Å². The molecule has 0 spiro atoms. The van der Waals surface area contributed by atoms with Crippen molar-refractivity contribution in [2.24, 2.45) is 5.92 Å². The van der Waals surface area contributed by atoms with Gasteiger partial charge in [0.15, 0.2) is 0 Å².